The number of aromatic nitrogens is 4. The fraction of sp³-hybridized carbons (Fsp3) is 0.233. The van der Waals surface area contributed by atoms with Gasteiger partial charge in [-0.25, -0.2) is 23.5 Å². The quantitative estimate of drug-likeness (QED) is 0.177. The van der Waals surface area contributed by atoms with Gasteiger partial charge in [0.15, 0.2) is 5.65 Å². The lowest BCUT2D eigenvalue weighted by Crippen LogP contribution is -2.31. The first-order valence-corrected chi connectivity index (χ1v) is 15.8. The first-order valence-electron chi connectivity index (χ1n) is 13.5. The monoisotopic (exact) mass is 664 g/mol. The summed E-state index contributed by atoms with van der Waals surface area (Å²) >= 11 is 3.55. The Labute approximate surface area is 258 Å². The molecule has 2 aromatic carbocycles. The molecule has 224 valence electrons. The van der Waals surface area contributed by atoms with Gasteiger partial charge in [0.25, 0.3) is 5.91 Å². The van der Waals surface area contributed by atoms with Crippen molar-refractivity contribution in [2.24, 2.45) is 5.14 Å². The topological polar surface area (TPSA) is 151 Å². The van der Waals surface area contributed by atoms with Crippen LogP contribution in [0.2, 0.25) is 0 Å². The number of pyridine rings is 1. The predicted molar refractivity (Wildman–Crippen MR) is 173 cm³/mol. The van der Waals surface area contributed by atoms with Crippen LogP contribution in [0, 0.1) is 20.8 Å². The summed E-state index contributed by atoms with van der Waals surface area (Å²) in [6.45, 7) is 7.37. The average molecular weight is 666 g/mol. The minimum absolute atomic E-state index is 0.00192. The Morgan fingerprint density at radius 3 is 2.60 bits per heavy atom. The molecule has 0 aliphatic carbocycles. The number of carbonyl (C=O) groups is 1. The van der Waals surface area contributed by atoms with E-state index in [2.05, 4.69) is 41.1 Å². The van der Waals surface area contributed by atoms with Gasteiger partial charge in [0.2, 0.25) is 10.0 Å². The lowest BCUT2D eigenvalue weighted by atomic mass is 10.1. The predicted octanol–water partition coefficient (Wildman–Crippen LogP) is 4.79. The van der Waals surface area contributed by atoms with Gasteiger partial charge in [-0.05, 0) is 92.8 Å². The highest BCUT2D eigenvalue weighted by atomic mass is 79.9. The Morgan fingerprint density at radius 1 is 1.12 bits per heavy atom. The SMILES string of the molecule is Cc1ccc(C(=O)NCCN(C)C)cc1-n1c(C)cc(-c2nc3ncc(Br)c(Nc4cccc(S(N)(=O)=O)c4)c3[nH]2)c1C. The Bertz CT molecular complexity index is 1960. The van der Waals surface area contributed by atoms with Crippen molar-refractivity contribution in [1.29, 1.82) is 0 Å². The summed E-state index contributed by atoms with van der Waals surface area (Å²) in [5.74, 6) is 0.505. The molecule has 5 aromatic rings. The molecular weight excluding hydrogens is 632 g/mol. The van der Waals surface area contributed by atoms with Gasteiger partial charge in [0.1, 0.15) is 11.3 Å². The number of nitrogens with two attached hydrogens (primary N) is 1. The molecule has 5 rings (SSSR count). The molecular formula is C30H33BrN8O3S. The first kappa shape index (κ1) is 30.4. The third kappa shape index (κ3) is 6.34. The number of H-pyrrole nitrogens is 1. The number of halogens is 1. The van der Waals surface area contributed by atoms with Crippen molar-refractivity contribution < 1.29 is 13.2 Å². The van der Waals surface area contributed by atoms with E-state index in [0.29, 0.717) is 44.9 Å². The van der Waals surface area contributed by atoms with Crippen molar-refractivity contribution in [2.75, 3.05) is 32.5 Å². The van der Waals surface area contributed by atoms with Crippen molar-refractivity contribution in [2.45, 2.75) is 25.7 Å². The number of primary sulfonamides is 1. The van der Waals surface area contributed by atoms with Gasteiger partial charge in [0.05, 0.1) is 15.1 Å². The van der Waals surface area contributed by atoms with Crippen LogP contribution in [0.4, 0.5) is 11.4 Å². The van der Waals surface area contributed by atoms with Gasteiger partial charge in [-0.15, -0.1) is 0 Å². The number of aryl methyl sites for hydroxylation is 2. The summed E-state index contributed by atoms with van der Waals surface area (Å²) < 4.78 is 26.5. The molecule has 0 spiro atoms. The second kappa shape index (κ2) is 11.9. The van der Waals surface area contributed by atoms with E-state index < -0.39 is 10.0 Å². The molecule has 0 saturated carbocycles. The molecule has 0 aliphatic heterocycles. The number of hydrogen-bond donors (Lipinski definition) is 4. The molecule has 5 N–H and O–H groups in total. The van der Waals surface area contributed by atoms with Crippen LogP contribution in [0.15, 0.2) is 64.1 Å². The molecule has 43 heavy (non-hydrogen) atoms. The zero-order chi connectivity index (χ0) is 31.1. The standard InChI is InChI=1S/C30H33BrN8O3S/c1-17-9-10-20(30(40)33-11-12-38(4)5)14-25(17)39-18(2)13-23(19(39)3)28-36-27-26(24(31)16-34-29(27)37-28)35-21-7-6-8-22(15-21)43(32,41)42/h6-10,13-16H,11-12H2,1-5H3,(H,33,40)(H2,32,41,42)(H2,34,35,36,37). The number of likely N-dealkylation sites (N-methyl/N-ethyl adjacent to an activating group) is 1. The lowest BCUT2D eigenvalue weighted by molar-refractivity contribution is 0.0951. The minimum Gasteiger partial charge on any atom is -0.353 e. The summed E-state index contributed by atoms with van der Waals surface area (Å²) in [5.41, 5.74) is 7.65. The second-order valence-electron chi connectivity index (χ2n) is 10.6. The number of amides is 1. The molecule has 0 aliphatic rings. The summed E-state index contributed by atoms with van der Waals surface area (Å²) in [4.78, 5) is 27.6. The van der Waals surface area contributed by atoms with E-state index in [9.17, 15) is 13.2 Å². The Kier molecular flexibility index (Phi) is 8.43. The first-order chi connectivity index (χ1) is 20.3. The number of imidazole rings is 1. The zero-order valence-corrected chi connectivity index (χ0v) is 26.9. The Hall–Kier alpha value is -4.04. The van der Waals surface area contributed by atoms with Crippen LogP contribution in [-0.2, 0) is 10.0 Å². The molecule has 3 aromatic heterocycles. The number of nitrogens with zero attached hydrogens (tertiary/aromatic N) is 4. The highest BCUT2D eigenvalue weighted by Crippen LogP contribution is 2.35. The highest BCUT2D eigenvalue weighted by molar-refractivity contribution is 9.10. The summed E-state index contributed by atoms with van der Waals surface area (Å²) in [6.07, 6.45) is 1.64. The fourth-order valence-corrected chi connectivity index (χ4v) is 5.90. The van der Waals surface area contributed by atoms with Crippen molar-refractivity contribution in [3.8, 4) is 17.1 Å². The van der Waals surface area contributed by atoms with E-state index in [1.807, 2.05) is 64.0 Å². The smallest absolute Gasteiger partial charge is 0.251 e. The summed E-state index contributed by atoms with van der Waals surface area (Å²) in [7, 11) is 0.0745. The number of sulfonamides is 1. The maximum absolute atomic E-state index is 12.9. The number of nitrogens with one attached hydrogen (secondary N) is 3. The van der Waals surface area contributed by atoms with Crippen LogP contribution in [0.1, 0.15) is 27.3 Å². The molecule has 0 fully saturated rings. The van der Waals surface area contributed by atoms with E-state index in [-0.39, 0.29) is 10.8 Å². The van der Waals surface area contributed by atoms with Crippen LogP contribution in [0.25, 0.3) is 28.2 Å². The van der Waals surface area contributed by atoms with Crippen LogP contribution in [-0.4, -0.2) is 65.9 Å². The van der Waals surface area contributed by atoms with E-state index >= 15 is 0 Å². The van der Waals surface area contributed by atoms with Gasteiger partial charge in [-0.1, -0.05) is 12.1 Å². The summed E-state index contributed by atoms with van der Waals surface area (Å²) in [5, 5.41) is 11.6. The highest BCUT2D eigenvalue weighted by Gasteiger charge is 2.20. The molecule has 0 atom stereocenters. The van der Waals surface area contributed by atoms with Gasteiger partial charge in [-0.2, -0.15) is 0 Å². The van der Waals surface area contributed by atoms with Crippen LogP contribution in [0.5, 0.6) is 0 Å². The lowest BCUT2D eigenvalue weighted by Gasteiger charge is -2.15. The maximum Gasteiger partial charge on any atom is 0.251 e. The van der Waals surface area contributed by atoms with Gasteiger partial charge in [0, 0.05) is 53.2 Å². The normalized spacial score (nSPS) is 11.8. The molecule has 0 saturated heterocycles. The molecule has 1 amide bonds. The zero-order valence-electron chi connectivity index (χ0n) is 24.5. The number of carbonyl (C=O) groups excluding carboxylic acids is 1. The van der Waals surface area contributed by atoms with E-state index in [4.69, 9.17) is 10.1 Å². The van der Waals surface area contributed by atoms with Crippen molar-refractivity contribution >= 4 is 54.4 Å². The largest absolute Gasteiger partial charge is 0.353 e. The van der Waals surface area contributed by atoms with Crippen LogP contribution < -0.4 is 15.8 Å². The third-order valence-electron chi connectivity index (χ3n) is 7.15. The Morgan fingerprint density at radius 2 is 1.88 bits per heavy atom. The van der Waals surface area contributed by atoms with Gasteiger partial charge < -0.3 is 25.1 Å². The van der Waals surface area contributed by atoms with Crippen molar-refractivity contribution in [3.63, 3.8) is 0 Å². The van der Waals surface area contributed by atoms with Gasteiger partial charge in [-0.3, -0.25) is 4.79 Å². The van der Waals surface area contributed by atoms with Crippen molar-refractivity contribution in [1.82, 2.24) is 29.7 Å². The van der Waals surface area contributed by atoms with Crippen molar-refractivity contribution in [3.05, 3.63) is 81.7 Å². The average Bonchev–Trinajstić information content (AvgIpc) is 3.50. The van der Waals surface area contributed by atoms with E-state index in [0.717, 1.165) is 34.7 Å². The van der Waals surface area contributed by atoms with Crippen LogP contribution in [0.3, 0.4) is 0 Å². The molecule has 0 unspecified atom stereocenters. The number of fused-ring (bicyclic) bond motifs is 1. The minimum atomic E-state index is -3.86. The number of hydrogen-bond acceptors (Lipinski definition) is 7. The molecule has 0 radical (unpaired) electrons. The second-order valence-corrected chi connectivity index (χ2v) is 13.1. The van der Waals surface area contributed by atoms with Crippen LogP contribution >= 0.6 is 15.9 Å². The van der Waals surface area contributed by atoms with E-state index in [1.165, 1.54) is 12.1 Å². The molecule has 3 heterocycles. The number of benzene rings is 2. The van der Waals surface area contributed by atoms with E-state index in [1.54, 1.807) is 18.3 Å². The molecule has 0 bridgehead atoms. The fourth-order valence-electron chi connectivity index (χ4n) is 4.94. The van der Waals surface area contributed by atoms with Gasteiger partial charge >= 0.3 is 0 Å². The Balaban J connectivity index is 1.52. The summed E-state index contributed by atoms with van der Waals surface area (Å²) in [6, 6.07) is 14.0. The number of aromatic amines is 1. The maximum atomic E-state index is 12.9. The molecule has 13 heteroatoms. The number of rotatable bonds is 9. The number of anilines is 2. The third-order valence-corrected chi connectivity index (χ3v) is 8.66. The molecule has 11 nitrogen and oxygen atoms in total.